The van der Waals surface area contributed by atoms with Gasteiger partial charge in [-0.2, -0.15) is 0 Å². The van der Waals surface area contributed by atoms with Crippen LogP contribution in [0, 0.1) is 0 Å². The molecular formula is C15H34ClN. The Morgan fingerprint density at radius 3 is 1.71 bits per heavy atom. The molecule has 0 aliphatic carbocycles. The Morgan fingerprint density at radius 2 is 1.24 bits per heavy atom. The zero-order chi connectivity index (χ0) is 12.1. The second-order valence-corrected chi connectivity index (χ2v) is 5.08. The van der Waals surface area contributed by atoms with E-state index in [4.69, 9.17) is 0 Å². The molecule has 1 N–H and O–H groups in total. The highest BCUT2D eigenvalue weighted by Crippen LogP contribution is 2.11. The fraction of sp³-hybridized carbons (Fsp3) is 1.00. The molecule has 2 heteroatoms. The molecule has 0 spiro atoms. The molecule has 0 aromatic heterocycles. The first kappa shape index (κ1) is 19.6. The smallest absolute Gasteiger partial charge is 0.00386 e. The van der Waals surface area contributed by atoms with Gasteiger partial charge in [-0.25, -0.2) is 0 Å². The van der Waals surface area contributed by atoms with Crippen LogP contribution in [0.5, 0.6) is 0 Å². The summed E-state index contributed by atoms with van der Waals surface area (Å²) >= 11 is 0. The van der Waals surface area contributed by atoms with Crippen LogP contribution >= 0.6 is 12.4 Å². The van der Waals surface area contributed by atoms with E-state index >= 15 is 0 Å². The van der Waals surface area contributed by atoms with E-state index in [1.807, 2.05) is 0 Å². The van der Waals surface area contributed by atoms with Gasteiger partial charge in [0, 0.05) is 6.04 Å². The van der Waals surface area contributed by atoms with Crippen LogP contribution in [-0.4, -0.2) is 12.6 Å². The molecule has 1 unspecified atom stereocenters. The third-order valence-corrected chi connectivity index (χ3v) is 3.29. The second kappa shape index (κ2) is 16.2. The Hall–Kier alpha value is 0.250. The summed E-state index contributed by atoms with van der Waals surface area (Å²) in [5.41, 5.74) is 0. The van der Waals surface area contributed by atoms with Crippen molar-refractivity contribution in [3.05, 3.63) is 0 Å². The molecule has 1 nitrogen and oxygen atoms in total. The van der Waals surface area contributed by atoms with E-state index in [2.05, 4.69) is 26.1 Å². The number of unbranched alkanes of at least 4 members (excludes halogenated alkanes) is 8. The summed E-state index contributed by atoms with van der Waals surface area (Å²) in [6, 6.07) is 0.717. The van der Waals surface area contributed by atoms with Gasteiger partial charge in [0.2, 0.25) is 0 Å². The van der Waals surface area contributed by atoms with Gasteiger partial charge in [0.25, 0.3) is 0 Å². The van der Waals surface area contributed by atoms with Crippen LogP contribution in [0.4, 0.5) is 0 Å². The molecule has 0 amide bonds. The Balaban J connectivity index is 0. The van der Waals surface area contributed by atoms with Crippen molar-refractivity contribution in [2.24, 2.45) is 0 Å². The van der Waals surface area contributed by atoms with E-state index in [0.717, 1.165) is 12.6 Å². The number of rotatable bonds is 12. The highest BCUT2D eigenvalue weighted by atomic mass is 35.5. The van der Waals surface area contributed by atoms with Crippen LogP contribution in [0.2, 0.25) is 0 Å². The zero-order valence-electron chi connectivity index (χ0n) is 12.3. The summed E-state index contributed by atoms with van der Waals surface area (Å²) in [5, 5.41) is 3.47. The highest BCUT2D eigenvalue weighted by Gasteiger charge is 1.98. The Kier molecular flexibility index (Phi) is 18.7. The monoisotopic (exact) mass is 263 g/mol. The minimum absolute atomic E-state index is 0. The Labute approximate surface area is 116 Å². The van der Waals surface area contributed by atoms with Gasteiger partial charge in [-0.15, -0.1) is 12.4 Å². The molecule has 0 aromatic carbocycles. The number of hydrogen-bond donors (Lipinski definition) is 1. The average molecular weight is 264 g/mol. The molecule has 1 atom stereocenters. The lowest BCUT2D eigenvalue weighted by Crippen LogP contribution is -2.25. The lowest BCUT2D eigenvalue weighted by molar-refractivity contribution is 0.486. The first-order chi connectivity index (χ1) is 7.81. The number of nitrogens with one attached hydrogen (secondary N) is 1. The van der Waals surface area contributed by atoms with Crippen molar-refractivity contribution in [2.75, 3.05) is 6.54 Å². The lowest BCUT2D eigenvalue weighted by Gasteiger charge is -2.11. The summed E-state index contributed by atoms with van der Waals surface area (Å²) < 4.78 is 0. The first-order valence-electron chi connectivity index (χ1n) is 7.54. The molecule has 0 saturated heterocycles. The maximum Gasteiger partial charge on any atom is 0.00386 e. The van der Waals surface area contributed by atoms with Crippen LogP contribution in [0.15, 0.2) is 0 Å². The predicted molar refractivity (Wildman–Crippen MR) is 82.2 cm³/mol. The third kappa shape index (κ3) is 16.2. The van der Waals surface area contributed by atoms with Gasteiger partial charge >= 0.3 is 0 Å². The van der Waals surface area contributed by atoms with E-state index in [1.54, 1.807) is 0 Å². The molecule has 0 aliphatic rings. The van der Waals surface area contributed by atoms with Crippen molar-refractivity contribution in [2.45, 2.75) is 91.0 Å². The average Bonchev–Trinajstić information content (AvgIpc) is 2.27. The van der Waals surface area contributed by atoms with Crippen molar-refractivity contribution in [1.29, 1.82) is 0 Å². The van der Waals surface area contributed by atoms with E-state index in [-0.39, 0.29) is 12.4 Å². The molecule has 0 aliphatic heterocycles. The van der Waals surface area contributed by atoms with Crippen LogP contribution in [0.25, 0.3) is 0 Å². The van der Waals surface area contributed by atoms with Crippen LogP contribution < -0.4 is 5.32 Å². The van der Waals surface area contributed by atoms with Crippen molar-refractivity contribution < 1.29 is 0 Å². The van der Waals surface area contributed by atoms with Gasteiger partial charge in [0.1, 0.15) is 0 Å². The maximum atomic E-state index is 3.47. The molecule has 0 heterocycles. The summed E-state index contributed by atoms with van der Waals surface area (Å²) in [6.45, 7) is 7.88. The van der Waals surface area contributed by atoms with E-state index in [1.165, 1.54) is 64.2 Å². The van der Waals surface area contributed by atoms with Crippen LogP contribution in [-0.2, 0) is 0 Å². The molecule has 0 aromatic rings. The van der Waals surface area contributed by atoms with E-state index in [0.29, 0.717) is 0 Å². The fourth-order valence-electron chi connectivity index (χ4n) is 2.21. The van der Waals surface area contributed by atoms with E-state index < -0.39 is 0 Å². The van der Waals surface area contributed by atoms with Gasteiger partial charge in [-0.3, -0.25) is 0 Å². The third-order valence-electron chi connectivity index (χ3n) is 3.29. The standard InChI is InChI=1S/C15H33N.ClH/c1-4-6-7-8-9-10-11-12-13-14-15(3)16-5-2;/h15-16H,4-14H2,1-3H3;1H. The minimum Gasteiger partial charge on any atom is -0.315 e. The van der Waals surface area contributed by atoms with Crippen molar-refractivity contribution in [1.82, 2.24) is 5.32 Å². The topological polar surface area (TPSA) is 12.0 Å². The van der Waals surface area contributed by atoms with Crippen molar-refractivity contribution in [3.8, 4) is 0 Å². The van der Waals surface area contributed by atoms with Gasteiger partial charge in [-0.1, -0.05) is 71.6 Å². The summed E-state index contributed by atoms with van der Waals surface area (Å²) in [6.07, 6.45) is 14.3. The molecule has 106 valence electrons. The Bertz CT molecular complexity index is 128. The fourth-order valence-corrected chi connectivity index (χ4v) is 2.21. The van der Waals surface area contributed by atoms with Crippen LogP contribution in [0.1, 0.15) is 85.0 Å². The molecule has 0 fully saturated rings. The van der Waals surface area contributed by atoms with Crippen LogP contribution in [0.3, 0.4) is 0 Å². The summed E-state index contributed by atoms with van der Waals surface area (Å²) in [4.78, 5) is 0. The SMILES string of the molecule is CCCCCCCCCCCC(C)NCC.Cl. The molecular weight excluding hydrogens is 230 g/mol. The number of halogens is 1. The van der Waals surface area contributed by atoms with Gasteiger partial charge in [0.15, 0.2) is 0 Å². The number of hydrogen-bond acceptors (Lipinski definition) is 1. The molecule has 0 bridgehead atoms. The van der Waals surface area contributed by atoms with Crippen molar-refractivity contribution in [3.63, 3.8) is 0 Å². The zero-order valence-corrected chi connectivity index (χ0v) is 13.1. The second-order valence-electron chi connectivity index (χ2n) is 5.08. The van der Waals surface area contributed by atoms with E-state index in [9.17, 15) is 0 Å². The first-order valence-corrected chi connectivity index (χ1v) is 7.54. The van der Waals surface area contributed by atoms with Crippen molar-refractivity contribution >= 4 is 12.4 Å². The highest BCUT2D eigenvalue weighted by molar-refractivity contribution is 5.85. The molecule has 17 heavy (non-hydrogen) atoms. The quantitative estimate of drug-likeness (QED) is 0.470. The molecule has 0 saturated carbocycles. The lowest BCUT2D eigenvalue weighted by atomic mass is 10.0. The minimum atomic E-state index is 0. The maximum absolute atomic E-state index is 3.47. The summed E-state index contributed by atoms with van der Waals surface area (Å²) in [7, 11) is 0. The predicted octanol–water partition coefficient (Wildman–Crippen LogP) is 5.33. The largest absolute Gasteiger partial charge is 0.315 e. The summed E-state index contributed by atoms with van der Waals surface area (Å²) in [5.74, 6) is 0. The van der Waals surface area contributed by atoms with Gasteiger partial charge < -0.3 is 5.32 Å². The molecule has 0 radical (unpaired) electrons. The van der Waals surface area contributed by atoms with Gasteiger partial charge in [-0.05, 0) is 19.9 Å². The molecule has 0 rings (SSSR count). The Morgan fingerprint density at radius 1 is 0.765 bits per heavy atom. The normalized spacial score (nSPS) is 12.2. The van der Waals surface area contributed by atoms with Gasteiger partial charge in [0.05, 0.1) is 0 Å².